The summed E-state index contributed by atoms with van der Waals surface area (Å²) >= 11 is 1.07. The minimum atomic E-state index is -0.356. The third-order valence-electron chi connectivity index (χ3n) is 5.05. The minimum Gasteiger partial charge on any atom is -0.484 e. The lowest BCUT2D eigenvalue weighted by molar-refractivity contribution is -0.113. The summed E-state index contributed by atoms with van der Waals surface area (Å²) in [5, 5.41) is 20.5. The summed E-state index contributed by atoms with van der Waals surface area (Å²) in [7, 11) is 0. The molecule has 0 atom stereocenters. The molecule has 2 aromatic heterocycles. The van der Waals surface area contributed by atoms with Crippen LogP contribution >= 0.6 is 11.8 Å². The van der Waals surface area contributed by atoms with Crippen LogP contribution in [0.4, 0.5) is 10.2 Å². The number of nitrogens with zero attached hydrogens (tertiary/aromatic N) is 4. The van der Waals surface area contributed by atoms with Crippen LogP contribution in [-0.4, -0.2) is 26.4 Å². The smallest absolute Gasteiger partial charge is 0.277 e. The molecule has 0 spiro atoms. The molecule has 1 amide bonds. The summed E-state index contributed by atoms with van der Waals surface area (Å²) in [4.78, 5) is 12.7. The van der Waals surface area contributed by atoms with Gasteiger partial charge in [0, 0.05) is 11.4 Å². The molecule has 172 valence electrons. The van der Waals surface area contributed by atoms with E-state index in [9.17, 15) is 14.4 Å². The minimum absolute atomic E-state index is 0.00336. The molecule has 2 heterocycles. The van der Waals surface area contributed by atoms with Crippen LogP contribution in [0.3, 0.4) is 0 Å². The number of hydrogen-bond donors (Lipinski definition) is 1. The Morgan fingerprint density at radius 3 is 2.62 bits per heavy atom. The number of thioether (sulfide) groups is 1. The van der Waals surface area contributed by atoms with Crippen LogP contribution in [0.2, 0.25) is 0 Å². The van der Waals surface area contributed by atoms with Gasteiger partial charge < -0.3 is 14.5 Å². The van der Waals surface area contributed by atoms with Crippen molar-refractivity contribution >= 4 is 23.5 Å². The molecule has 1 N–H and O–H groups in total. The van der Waals surface area contributed by atoms with Crippen molar-refractivity contribution in [2.24, 2.45) is 0 Å². The highest BCUT2D eigenvalue weighted by atomic mass is 32.2. The molecule has 0 aliphatic rings. The molecule has 0 aliphatic heterocycles. The molecule has 0 saturated heterocycles. The number of rotatable bonds is 8. The molecule has 4 rings (SSSR count). The standard InChI is InChI=1S/C24H20FN5O3S/c1-15-16(2)30(18-6-4-3-5-7-18)23(20(15)12-26)27-21(31)14-34-24-29-28-22(33-24)13-32-19-10-8-17(25)9-11-19/h3-11H,13-14H2,1-2H3,(H,27,31). The van der Waals surface area contributed by atoms with Crippen LogP contribution in [0.15, 0.2) is 64.2 Å². The molecular formula is C24H20FN5O3S. The van der Waals surface area contributed by atoms with Crippen molar-refractivity contribution in [3.05, 3.63) is 83.1 Å². The first-order valence-electron chi connectivity index (χ1n) is 10.3. The van der Waals surface area contributed by atoms with E-state index in [1.54, 1.807) is 0 Å². The molecule has 4 aromatic rings. The van der Waals surface area contributed by atoms with E-state index in [2.05, 4.69) is 21.6 Å². The highest BCUT2D eigenvalue weighted by Gasteiger charge is 2.21. The van der Waals surface area contributed by atoms with Crippen LogP contribution in [0, 0.1) is 31.0 Å². The third-order valence-corrected chi connectivity index (χ3v) is 5.87. The Morgan fingerprint density at radius 2 is 1.91 bits per heavy atom. The molecule has 0 fully saturated rings. The number of amides is 1. The summed E-state index contributed by atoms with van der Waals surface area (Å²) in [6, 6.07) is 17.3. The summed E-state index contributed by atoms with van der Waals surface area (Å²) in [5.74, 6) is 0.442. The molecule has 8 nitrogen and oxygen atoms in total. The predicted molar refractivity (Wildman–Crippen MR) is 124 cm³/mol. The lowest BCUT2D eigenvalue weighted by Gasteiger charge is -2.12. The number of para-hydroxylation sites is 1. The normalized spacial score (nSPS) is 10.6. The van der Waals surface area contributed by atoms with Crippen molar-refractivity contribution in [2.45, 2.75) is 25.7 Å². The van der Waals surface area contributed by atoms with E-state index in [1.807, 2.05) is 48.7 Å². The number of benzene rings is 2. The van der Waals surface area contributed by atoms with Crippen molar-refractivity contribution in [1.82, 2.24) is 14.8 Å². The van der Waals surface area contributed by atoms with Gasteiger partial charge in [-0.15, -0.1) is 10.2 Å². The number of carbonyl (C=O) groups excluding carboxylic acids is 1. The lowest BCUT2D eigenvalue weighted by Crippen LogP contribution is -2.17. The number of ether oxygens (including phenoxy) is 1. The quantitative estimate of drug-likeness (QED) is 0.363. The van der Waals surface area contributed by atoms with Gasteiger partial charge in [0.15, 0.2) is 6.61 Å². The van der Waals surface area contributed by atoms with E-state index in [1.165, 1.54) is 24.3 Å². The topological polar surface area (TPSA) is 106 Å². The van der Waals surface area contributed by atoms with E-state index < -0.39 is 0 Å². The zero-order chi connectivity index (χ0) is 24.1. The second kappa shape index (κ2) is 10.2. The second-order valence-electron chi connectivity index (χ2n) is 7.26. The second-order valence-corrected chi connectivity index (χ2v) is 8.18. The van der Waals surface area contributed by atoms with E-state index in [0.29, 0.717) is 17.1 Å². The molecule has 34 heavy (non-hydrogen) atoms. The van der Waals surface area contributed by atoms with Crippen molar-refractivity contribution in [3.8, 4) is 17.5 Å². The van der Waals surface area contributed by atoms with Gasteiger partial charge in [-0.05, 0) is 55.8 Å². The molecule has 0 saturated carbocycles. The van der Waals surface area contributed by atoms with Gasteiger partial charge in [-0.25, -0.2) is 4.39 Å². The predicted octanol–water partition coefficient (Wildman–Crippen LogP) is 4.80. The van der Waals surface area contributed by atoms with Crippen molar-refractivity contribution in [1.29, 1.82) is 5.26 Å². The Morgan fingerprint density at radius 1 is 1.18 bits per heavy atom. The van der Waals surface area contributed by atoms with Gasteiger partial charge in [-0.1, -0.05) is 30.0 Å². The lowest BCUT2D eigenvalue weighted by atomic mass is 10.2. The number of aromatic nitrogens is 3. The van der Waals surface area contributed by atoms with Gasteiger partial charge in [0.1, 0.15) is 23.5 Å². The Bertz CT molecular complexity index is 1340. The number of carbonyl (C=O) groups is 1. The van der Waals surface area contributed by atoms with Gasteiger partial charge in [0.25, 0.3) is 11.1 Å². The van der Waals surface area contributed by atoms with Gasteiger partial charge >= 0.3 is 0 Å². The summed E-state index contributed by atoms with van der Waals surface area (Å²) in [5.41, 5.74) is 2.93. The van der Waals surface area contributed by atoms with E-state index in [0.717, 1.165) is 28.7 Å². The summed E-state index contributed by atoms with van der Waals surface area (Å²) in [6.45, 7) is 3.77. The largest absolute Gasteiger partial charge is 0.484 e. The van der Waals surface area contributed by atoms with Crippen molar-refractivity contribution in [3.63, 3.8) is 0 Å². The average Bonchev–Trinajstić information content (AvgIpc) is 3.40. The van der Waals surface area contributed by atoms with Crippen LogP contribution in [0.25, 0.3) is 5.69 Å². The molecular weight excluding hydrogens is 457 g/mol. The van der Waals surface area contributed by atoms with Gasteiger partial charge in [0.2, 0.25) is 5.91 Å². The maximum Gasteiger partial charge on any atom is 0.277 e. The fourth-order valence-corrected chi connectivity index (χ4v) is 3.87. The highest BCUT2D eigenvalue weighted by Crippen LogP contribution is 2.30. The molecule has 0 aliphatic carbocycles. The Balaban J connectivity index is 1.40. The monoisotopic (exact) mass is 477 g/mol. The fraction of sp³-hybridized carbons (Fsp3) is 0.167. The molecule has 0 unspecified atom stereocenters. The van der Waals surface area contributed by atoms with Gasteiger partial charge in [-0.3, -0.25) is 9.36 Å². The molecule has 10 heteroatoms. The Hall–Kier alpha value is -4.10. The maximum atomic E-state index is 13.0. The maximum absolute atomic E-state index is 13.0. The first-order valence-corrected chi connectivity index (χ1v) is 11.3. The van der Waals surface area contributed by atoms with Crippen molar-refractivity contribution < 1.29 is 18.3 Å². The first-order chi connectivity index (χ1) is 16.5. The van der Waals surface area contributed by atoms with Gasteiger partial charge in [-0.2, -0.15) is 5.26 Å². The van der Waals surface area contributed by atoms with E-state index in [-0.39, 0.29) is 35.2 Å². The van der Waals surface area contributed by atoms with Crippen LogP contribution in [-0.2, 0) is 11.4 Å². The summed E-state index contributed by atoms with van der Waals surface area (Å²) in [6.07, 6.45) is 0. The zero-order valence-electron chi connectivity index (χ0n) is 18.4. The van der Waals surface area contributed by atoms with E-state index in [4.69, 9.17) is 9.15 Å². The summed E-state index contributed by atoms with van der Waals surface area (Å²) < 4.78 is 25.8. The number of anilines is 1. The first kappa shape index (κ1) is 23.1. The van der Waals surface area contributed by atoms with Crippen LogP contribution in [0.5, 0.6) is 5.75 Å². The number of nitrogens with one attached hydrogen (secondary N) is 1. The SMILES string of the molecule is Cc1c(C#N)c(NC(=O)CSc2nnc(COc3ccc(F)cc3)o2)n(-c2ccccc2)c1C. The molecule has 0 bridgehead atoms. The van der Waals surface area contributed by atoms with Crippen molar-refractivity contribution in [2.75, 3.05) is 11.1 Å². The van der Waals surface area contributed by atoms with Gasteiger partial charge in [0.05, 0.1) is 11.3 Å². The highest BCUT2D eigenvalue weighted by molar-refractivity contribution is 7.99. The average molecular weight is 478 g/mol. The Labute approximate surface area is 199 Å². The van der Waals surface area contributed by atoms with Crippen LogP contribution < -0.4 is 10.1 Å². The third kappa shape index (κ3) is 5.10. The number of nitriles is 1. The number of halogens is 1. The molecule has 0 radical (unpaired) electrons. The van der Waals surface area contributed by atoms with E-state index >= 15 is 0 Å². The Kier molecular flexibility index (Phi) is 6.94. The number of hydrogen-bond acceptors (Lipinski definition) is 7. The molecule has 2 aromatic carbocycles. The zero-order valence-corrected chi connectivity index (χ0v) is 19.2. The fourth-order valence-electron chi connectivity index (χ4n) is 3.29. The van der Waals surface area contributed by atoms with Crippen LogP contribution in [0.1, 0.15) is 22.7 Å².